The van der Waals surface area contributed by atoms with Crippen LogP contribution in [0.1, 0.15) is 13.3 Å². The molecule has 0 aliphatic rings. The van der Waals surface area contributed by atoms with Crippen LogP contribution in [0.25, 0.3) is 0 Å². The minimum Gasteiger partial charge on any atom is -0.353 e. The van der Waals surface area contributed by atoms with Gasteiger partial charge in [0.15, 0.2) is 0 Å². The SMILES string of the molecule is C=CCNC(=O)CCNC(=O)C(=C)C. The maximum absolute atomic E-state index is 11.0. The number of carbonyl (C=O) groups is 2. The average molecular weight is 196 g/mol. The fourth-order valence-corrected chi connectivity index (χ4v) is 0.715. The fourth-order valence-electron chi connectivity index (χ4n) is 0.715. The fraction of sp³-hybridized carbons (Fsp3) is 0.400. The van der Waals surface area contributed by atoms with Gasteiger partial charge in [0.05, 0.1) is 0 Å². The van der Waals surface area contributed by atoms with Gasteiger partial charge < -0.3 is 10.6 Å². The van der Waals surface area contributed by atoms with Crippen LogP contribution in [0.15, 0.2) is 24.8 Å². The highest BCUT2D eigenvalue weighted by atomic mass is 16.2. The molecule has 0 fully saturated rings. The number of rotatable bonds is 6. The summed E-state index contributed by atoms with van der Waals surface area (Å²) in [6, 6.07) is 0. The minimum absolute atomic E-state index is 0.105. The summed E-state index contributed by atoms with van der Waals surface area (Å²) >= 11 is 0. The van der Waals surface area contributed by atoms with Crippen molar-refractivity contribution in [2.75, 3.05) is 13.1 Å². The molecule has 4 nitrogen and oxygen atoms in total. The van der Waals surface area contributed by atoms with Gasteiger partial charge in [-0.15, -0.1) is 6.58 Å². The molecule has 0 aromatic rings. The van der Waals surface area contributed by atoms with Crippen molar-refractivity contribution in [3.63, 3.8) is 0 Å². The van der Waals surface area contributed by atoms with Crippen LogP contribution >= 0.6 is 0 Å². The van der Waals surface area contributed by atoms with E-state index in [1.807, 2.05) is 0 Å². The summed E-state index contributed by atoms with van der Waals surface area (Å²) in [5, 5.41) is 5.17. The first-order valence-electron chi connectivity index (χ1n) is 4.39. The van der Waals surface area contributed by atoms with Crippen molar-refractivity contribution in [3.8, 4) is 0 Å². The smallest absolute Gasteiger partial charge is 0.246 e. The predicted molar refractivity (Wildman–Crippen MR) is 55.6 cm³/mol. The first-order chi connectivity index (χ1) is 6.57. The lowest BCUT2D eigenvalue weighted by atomic mass is 10.3. The largest absolute Gasteiger partial charge is 0.353 e. The van der Waals surface area contributed by atoms with Gasteiger partial charge in [0.2, 0.25) is 11.8 Å². The first-order valence-corrected chi connectivity index (χ1v) is 4.39. The number of hydrogen-bond donors (Lipinski definition) is 2. The van der Waals surface area contributed by atoms with Crippen molar-refractivity contribution in [1.82, 2.24) is 10.6 Å². The van der Waals surface area contributed by atoms with Gasteiger partial charge in [-0.2, -0.15) is 0 Å². The molecule has 0 saturated carbocycles. The molecular weight excluding hydrogens is 180 g/mol. The molecule has 0 heterocycles. The second-order valence-corrected chi connectivity index (χ2v) is 2.88. The highest BCUT2D eigenvalue weighted by Crippen LogP contribution is 1.86. The van der Waals surface area contributed by atoms with Gasteiger partial charge in [0.25, 0.3) is 0 Å². The third-order valence-corrected chi connectivity index (χ3v) is 1.47. The molecule has 0 rings (SSSR count). The Morgan fingerprint density at radius 1 is 1.36 bits per heavy atom. The molecule has 0 bridgehead atoms. The molecule has 0 aliphatic carbocycles. The molecule has 78 valence electrons. The predicted octanol–water partition coefficient (Wildman–Crippen LogP) is 0.371. The van der Waals surface area contributed by atoms with E-state index >= 15 is 0 Å². The summed E-state index contributed by atoms with van der Waals surface area (Å²) < 4.78 is 0. The van der Waals surface area contributed by atoms with E-state index in [0.29, 0.717) is 18.7 Å². The summed E-state index contributed by atoms with van der Waals surface area (Å²) in [6.45, 7) is 9.34. The molecule has 2 N–H and O–H groups in total. The van der Waals surface area contributed by atoms with E-state index in [2.05, 4.69) is 23.8 Å². The number of amides is 2. The summed E-state index contributed by atoms with van der Waals surface area (Å²) in [6.07, 6.45) is 1.87. The van der Waals surface area contributed by atoms with E-state index in [9.17, 15) is 9.59 Å². The van der Waals surface area contributed by atoms with E-state index in [1.54, 1.807) is 13.0 Å². The van der Waals surface area contributed by atoms with Gasteiger partial charge in [-0.1, -0.05) is 12.7 Å². The molecule has 0 atom stereocenters. The molecule has 0 aromatic heterocycles. The molecule has 0 aliphatic heterocycles. The second-order valence-electron chi connectivity index (χ2n) is 2.88. The molecule has 0 unspecified atom stereocenters. The van der Waals surface area contributed by atoms with Crippen molar-refractivity contribution in [1.29, 1.82) is 0 Å². The zero-order valence-electron chi connectivity index (χ0n) is 8.43. The Morgan fingerprint density at radius 2 is 2.00 bits per heavy atom. The summed E-state index contributed by atoms with van der Waals surface area (Å²) in [7, 11) is 0. The molecule has 2 amide bonds. The Balaban J connectivity index is 3.53. The van der Waals surface area contributed by atoms with Gasteiger partial charge in [-0.25, -0.2) is 0 Å². The van der Waals surface area contributed by atoms with Crippen molar-refractivity contribution < 1.29 is 9.59 Å². The van der Waals surface area contributed by atoms with Crippen molar-refractivity contribution in [3.05, 3.63) is 24.8 Å². The molecule has 14 heavy (non-hydrogen) atoms. The minimum atomic E-state index is -0.221. The van der Waals surface area contributed by atoms with Gasteiger partial charge in [-0.05, 0) is 6.92 Å². The third kappa shape index (κ3) is 5.99. The number of carbonyl (C=O) groups excluding carboxylic acids is 2. The zero-order valence-corrected chi connectivity index (χ0v) is 8.43. The Hall–Kier alpha value is -1.58. The lowest BCUT2D eigenvalue weighted by Crippen LogP contribution is -2.30. The van der Waals surface area contributed by atoms with Crippen LogP contribution in [0.5, 0.6) is 0 Å². The van der Waals surface area contributed by atoms with E-state index in [4.69, 9.17) is 0 Å². The van der Waals surface area contributed by atoms with Crippen LogP contribution in [0.2, 0.25) is 0 Å². The second kappa shape index (κ2) is 6.88. The number of hydrogen-bond acceptors (Lipinski definition) is 2. The Kier molecular flexibility index (Phi) is 6.11. The van der Waals surface area contributed by atoms with E-state index in [1.165, 1.54) is 0 Å². The molecule has 0 saturated heterocycles. The summed E-state index contributed by atoms with van der Waals surface area (Å²) in [5.41, 5.74) is 0.441. The van der Waals surface area contributed by atoms with Crippen LogP contribution in [-0.2, 0) is 9.59 Å². The monoisotopic (exact) mass is 196 g/mol. The van der Waals surface area contributed by atoms with Gasteiger partial charge in [0.1, 0.15) is 0 Å². The Bertz CT molecular complexity index is 247. The van der Waals surface area contributed by atoms with E-state index < -0.39 is 0 Å². The lowest BCUT2D eigenvalue weighted by molar-refractivity contribution is -0.121. The lowest BCUT2D eigenvalue weighted by Gasteiger charge is -2.04. The average Bonchev–Trinajstić information content (AvgIpc) is 2.14. The van der Waals surface area contributed by atoms with E-state index in [0.717, 1.165) is 0 Å². The van der Waals surface area contributed by atoms with Crippen LogP contribution < -0.4 is 10.6 Å². The first kappa shape index (κ1) is 12.4. The molecule has 0 radical (unpaired) electrons. The summed E-state index contributed by atoms with van der Waals surface area (Å²) in [4.78, 5) is 22.0. The normalized spacial score (nSPS) is 8.93. The molecule has 4 heteroatoms. The Morgan fingerprint density at radius 3 is 2.50 bits per heavy atom. The summed E-state index contributed by atoms with van der Waals surface area (Å²) in [5.74, 6) is -0.326. The molecule has 0 aromatic carbocycles. The quantitative estimate of drug-likeness (QED) is 0.476. The Labute approximate surface area is 84.1 Å². The van der Waals surface area contributed by atoms with Crippen molar-refractivity contribution in [2.45, 2.75) is 13.3 Å². The maximum atomic E-state index is 11.0. The van der Waals surface area contributed by atoms with Gasteiger partial charge in [-0.3, -0.25) is 9.59 Å². The highest BCUT2D eigenvalue weighted by molar-refractivity contribution is 5.92. The standard InChI is InChI=1S/C10H16N2O2/c1-4-6-11-9(13)5-7-12-10(14)8(2)3/h4H,1-2,5-7H2,3H3,(H,11,13)(H,12,14). The maximum Gasteiger partial charge on any atom is 0.246 e. The topological polar surface area (TPSA) is 58.2 Å². The van der Waals surface area contributed by atoms with Crippen LogP contribution in [0.4, 0.5) is 0 Å². The van der Waals surface area contributed by atoms with Gasteiger partial charge >= 0.3 is 0 Å². The zero-order chi connectivity index (χ0) is 11.0. The van der Waals surface area contributed by atoms with Crippen LogP contribution in [0, 0.1) is 0 Å². The van der Waals surface area contributed by atoms with Crippen molar-refractivity contribution in [2.24, 2.45) is 0 Å². The third-order valence-electron chi connectivity index (χ3n) is 1.47. The molecular formula is C10H16N2O2. The van der Waals surface area contributed by atoms with Crippen LogP contribution in [-0.4, -0.2) is 24.9 Å². The highest BCUT2D eigenvalue weighted by Gasteiger charge is 2.02. The van der Waals surface area contributed by atoms with Crippen LogP contribution in [0.3, 0.4) is 0 Å². The van der Waals surface area contributed by atoms with Crippen molar-refractivity contribution >= 4 is 11.8 Å². The van der Waals surface area contributed by atoms with E-state index in [-0.39, 0.29) is 18.2 Å². The van der Waals surface area contributed by atoms with Gasteiger partial charge in [0, 0.05) is 25.1 Å². The molecule has 0 spiro atoms. The number of nitrogens with one attached hydrogen (secondary N) is 2.